The Morgan fingerprint density at radius 2 is 1.81 bits per heavy atom. The number of carbonyl (C=O) groups is 1. The van der Waals surface area contributed by atoms with Crippen LogP contribution in [0.3, 0.4) is 0 Å². The van der Waals surface area contributed by atoms with E-state index >= 15 is 0 Å². The Labute approximate surface area is 185 Å². The Hall–Kier alpha value is -3.11. The van der Waals surface area contributed by atoms with Crippen molar-refractivity contribution in [3.63, 3.8) is 0 Å². The average Bonchev–Trinajstić information content (AvgIpc) is 2.77. The van der Waals surface area contributed by atoms with E-state index in [0.717, 1.165) is 19.5 Å². The first-order valence-electron chi connectivity index (χ1n) is 10.4. The van der Waals surface area contributed by atoms with Crippen molar-refractivity contribution < 1.29 is 4.79 Å². The molecule has 31 heavy (non-hydrogen) atoms. The number of thioether (sulfide) groups is 1. The monoisotopic (exact) mass is 432 g/mol. The number of nitrogens with zero attached hydrogens (tertiary/aromatic N) is 4. The van der Waals surface area contributed by atoms with Crippen molar-refractivity contribution in [2.45, 2.75) is 25.4 Å². The maximum Gasteiger partial charge on any atom is 0.266 e. The number of aromatic nitrogens is 2. The van der Waals surface area contributed by atoms with Crippen molar-refractivity contribution >= 4 is 28.6 Å². The lowest BCUT2D eigenvalue weighted by molar-refractivity contribution is -0.130. The third-order valence-electron chi connectivity index (χ3n) is 5.55. The van der Waals surface area contributed by atoms with E-state index in [2.05, 4.69) is 19.9 Å². The van der Waals surface area contributed by atoms with Crippen LogP contribution in [0.1, 0.15) is 25.8 Å². The molecular weight excluding hydrogens is 408 g/mol. The van der Waals surface area contributed by atoms with Gasteiger partial charge in [0, 0.05) is 13.1 Å². The molecule has 0 aliphatic carbocycles. The number of rotatable bonds is 4. The molecular formula is C24H24N4O2S. The molecule has 1 aromatic heterocycles. The van der Waals surface area contributed by atoms with Crippen LogP contribution in [0.4, 0.5) is 0 Å². The van der Waals surface area contributed by atoms with Crippen molar-refractivity contribution in [3.8, 4) is 11.8 Å². The summed E-state index contributed by atoms with van der Waals surface area (Å²) in [5, 5.41) is 10.1. The van der Waals surface area contributed by atoms with Gasteiger partial charge in [0.1, 0.15) is 0 Å². The SMILES string of the molecule is CC1CC(C)CN(C(=O)CSc2nc3ccccc3c(=O)n2-c2ccc(C#N)cc2)C1. The van der Waals surface area contributed by atoms with Crippen LogP contribution in [0.15, 0.2) is 58.5 Å². The molecule has 0 N–H and O–H groups in total. The molecule has 1 saturated heterocycles. The first kappa shape index (κ1) is 21.1. The Bertz CT molecular complexity index is 1200. The van der Waals surface area contributed by atoms with E-state index in [1.165, 1.54) is 16.3 Å². The Morgan fingerprint density at radius 3 is 2.48 bits per heavy atom. The van der Waals surface area contributed by atoms with Gasteiger partial charge in [-0.25, -0.2) is 4.98 Å². The second-order valence-electron chi connectivity index (χ2n) is 8.24. The summed E-state index contributed by atoms with van der Waals surface area (Å²) in [5.74, 6) is 1.28. The van der Waals surface area contributed by atoms with Gasteiger partial charge < -0.3 is 4.90 Å². The zero-order chi connectivity index (χ0) is 22.0. The molecule has 4 rings (SSSR count). The van der Waals surface area contributed by atoms with E-state index in [-0.39, 0.29) is 17.2 Å². The summed E-state index contributed by atoms with van der Waals surface area (Å²) < 4.78 is 1.53. The molecule has 0 saturated carbocycles. The lowest BCUT2D eigenvalue weighted by Crippen LogP contribution is -2.43. The summed E-state index contributed by atoms with van der Waals surface area (Å²) >= 11 is 1.28. The van der Waals surface area contributed by atoms with Gasteiger partial charge in [0.2, 0.25) is 5.91 Å². The molecule has 1 amide bonds. The van der Waals surface area contributed by atoms with Gasteiger partial charge in [-0.1, -0.05) is 37.7 Å². The second-order valence-corrected chi connectivity index (χ2v) is 9.19. The third-order valence-corrected chi connectivity index (χ3v) is 6.47. The smallest absolute Gasteiger partial charge is 0.266 e. The summed E-state index contributed by atoms with van der Waals surface area (Å²) in [6, 6.07) is 16.1. The fraction of sp³-hybridized carbons (Fsp3) is 0.333. The zero-order valence-corrected chi connectivity index (χ0v) is 18.4. The minimum atomic E-state index is -0.189. The molecule has 1 aliphatic heterocycles. The van der Waals surface area contributed by atoms with Crippen LogP contribution in [0.25, 0.3) is 16.6 Å². The minimum Gasteiger partial charge on any atom is -0.341 e. The molecule has 0 bridgehead atoms. The van der Waals surface area contributed by atoms with E-state index in [0.29, 0.717) is 39.1 Å². The number of fused-ring (bicyclic) bond motifs is 1. The first-order chi connectivity index (χ1) is 15.0. The van der Waals surface area contributed by atoms with Crippen molar-refractivity contribution in [2.75, 3.05) is 18.8 Å². The number of likely N-dealkylation sites (tertiary alicyclic amines) is 1. The van der Waals surface area contributed by atoms with E-state index in [9.17, 15) is 9.59 Å². The molecule has 2 unspecified atom stereocenters. The molecule has 0 radical (unpaired) electrons. The van der Waals surface area contributed by atoms with Gasteiger partial charge in [0.05, 0.1) is 34.0 Å². The quantitative estimate of drug-likeness (QED) is 0.462. The molecule has 7 heteroatoms. The van der Waals surface area contributed by atoms with Gasteiger partial charge >= 0.3 is 0 Å². The molecule has 2 atom stereocenters. The van der Waals surface area contributed by atoms with Gasteiger partial charge in [-0.15, -0.1) is 0 Å². The normalized spacial score (nSPS) is 18.7. The van der Waals surface area contributed by atoms with E-state index in [1.807, 2.05) is 17.0 Å². The lowest BCUT2D eigenvalue weighted by Gasteiger charge is -2.35. The fourth-order valence-corrected chi connectivity index (χ4v) is 5.12. The molecule has 2 aromatic carbocycles. The number of para-hydroxylation sites is 1. The number of amides is 1. The highest BCUT2D eigenvalue weighted by atomic mass is 32.2. The predicted octanol–water partition coefficient (Wildman–Crippen LogP) is 3.85. The molecule has 2 heterocycles. The highest BCUT2D eigenvalue weighted by Gasteiger charge is 2.26. The number of hydrogen-bond donors (Lipinski definition) is 0. The van der Waals surface area contributed by atoms with Crippen LogP contribution in [0.2, 0.25) is 0 Å². The van der Waals surface area contributed by atoms with Gasteiger partial charge in [0.15, 0.2) is 5.16 Å². The van der Waals surface area contributed by atoms with E-state index < -0.39 is 0 Å². The molecule has 6 nitrogen and oxygen atoms in total. The average molecular weight is 433 g/mol. The molecule has 1 fully saturated rings. The first-order valence-corrected chi connectivity index (χ1v) is 11.4. The largest absolute Gasteiger partial charge is 0.341 e. The van der Waals surface area contributed by atoms with Crippen LogP contribution >= 0.6 is 11.8 Å². The van der Waals surface area contributed by atoms with Gasteiger partial charge in [-0.3, -0.25) is 14.2 Å². The van der Waals surface area contributed by atoms with E-state index in [1.54, 1.807) is 36.4 Å². The van der Waals surface area contributed by atoms with Gasteiger partial charge in [-0.2, -0.15) is 5.26 Å². The minimum absolute atomic E-state index is 0.0668. The topological polar surface area (TPSA) is 79.0 Å². The Balaban J connectivity index is 1.68. The van der Waals surface area contributed by atoms with Crippen LogP contribution in [-0.4, -0.2) is 39.2 Å². The standard InChI is InChI=1S/C24H24N4O2S/c1-16-11-17(2)14-27(13-16)22(29)15-31-24-26-21-6-4-3-5-20(21)23(30)28(24)19-9-7-18(12-25)8-10-19/h3-10,16-17H,11,13-15H2,1-2H3. The summed E-state index contributed by atoms with van der Waals surface area (Å²) in [6.07, 6.45) is 1.14. The number of hydrogen-bond acceptors (Lipinski definition) is 5. The van der Waals surface area contributed by atoms with Crippen molar-refractivity contribution in [3.05, 3.63) is 64.4 Å². The maximum atomic E-state index is 13.3. The van der Waals surface area contributed by atoms with Crippen LogP contribution in [-0.2, 0) is 4.79 Å². The summed E-state index contributed by atoms with van der Waals surface area (Å²) in [6.45, 7) is 5.90. The maximum absolute atomic E-state index is 13.3. The van der Waals surface area contributed by atoms with Crippen LogP contribution in [0.5, 0.6) is 0 Å². The second kappa shape index (κ2) is 8.94. The van der Waals surface area contributed by atoms with Crippen molar-refractivity contribution in [2.24, 2.45) is 11.8 Å². The summed E-state index contributed by atoms with van der Waals surface area (Å²) in [5.41, 5.74) is 1.55. The van der Waals surface area contributed by atoms with Crippen molar-refractivity contribution in [1.82, 2.24) is 14.5 Å². The molecule has 3 aromatic rings. The molecule has 158 valence electrons. The molecule has 1 aliphatic rings. The number of nitriles is 1. The third kappa shape index (κ3) is 4.49. The van der Waals surface area contributed by atoms with Gasteiger partial charge in [0.25, 0.3) is 5.56 Å². The number of piperidine rings is 1. The number of benzene rings is 2. The zero-order valence-electron chi connectivity index (χ0n) is 17.6. The Kier molecular flexibility index (Phi) is 6.10. The van der Waals surface area contributed by atoms with Crippen LogP contribution < -0.4 is 5.56 Å². The van der Waals surface area contributed by atoms with Gasteiger partial charge in [-0.05, 0) is 54.7 Å². The Morgan fingerprint density at radius 1 is 1.13 bits per heavy atom. The fourth-order valence-electron chi connectivity index (χ4n) is 4.21. The summed E-state index contributed by atoms with van der Waals surface area (Å²) in [7, 11) is 0. The highest BCUT2D eigenvalue weighted by molar-refractivity contribution is 7.99. The number of carbonyl (C=O) groups excluding carboxylic acids is 1. The molecule has 0 spiro atoms. The summed E-state index contributed by atoms with van der Waals surface area (Å²) in [4.78, 5) is 32.8. The predicted molar refractivity (Wildman–Crippen MR) is 122 cm³/mol. The lowest BCUT2D eigenvalue weighted by atomic mass is 9.92. The van der Waals surface area contributed by atoms with E-state index in [4.69, 9.17) is 10.2 Å². The van der Waals surface area contributed by atoms with Crippen molar-refractivity contribution in [1.29, 1.82) is 5.26 Å². The van der Waals surface area contributed by atoms with Crippen LogP contribution in [0, 0.1) is 23.2 Å². The highest BCUT2D eigenvalue weighted by Crippen LogP contribution is 2.25.